The standard InChI is InChI=1S/C19H16N4O3/c1-12-11-23(15-6-5-7-21-17(15)25-12)18(24)16-13(2)26-19(14(16)10-20)22-8-3-4-9-22/h3-9,12H,11H2,1-2H3/t12-/m0/s1. The molecule has 0 spiro atoms. The Morgan fingerprint density at radius 1 is 1.35 bits per heavy atom. The molecule has 0 saturated carbocycles. The van der Waals surface area contributed by atoms with E-state index in [1.807, 2.05) is 19.1 Å². The van der Waals surface area contributed by atoms with Gasteiger partial charge in [-0.3, -0.25) is 14.3 Å². The number of fused-ring (bicyclic) bond motifs is 1. The van der Waals surface area contributed by atoms with Gasteiger partial charge in [-0.2, -0.15) is 5.26 Å². The van der Waals surface area contributed by atoms with Crippen LogP contribution in [-0.4, -0.2) is 28.1 Å². The van der Waals surface area contributed by atoms with Crippen LogP contribution in [0.1, 0.15) is 28.6 Å². The number of hydrogen-bond acceptors (Lipinski definition) is 5. The minimum atomic E-state index is -0.300. The molecule has 0 N–H and O–H groups in total. The lowest BCUT2D eigenvalue weighted by Gasteiger charge is -2.32. The second kappa shape index (κ2) is 6.08. The first kappa shape index (κ1) is 16.0. The van der Waals surface area contributed by atoms with Crippen molar-refractivity contribution in [2.75, 3.05) is 11.4 Å². The summed E-state index contributed by atoms with van der Waals surface area (Å²) in [7, 11) is 0. The molecule has 1 aliphatic heterocycles. The third-order valence-electron chi connectivity index (χ3n) is 4.27. The zero-order valence-electron chi connectivity index (χ0n) is 14.3. The summed E-state index contributed by atoms with van der Waals surface area (Å²) < 4.78 is 13.1. The zero-order valence-corrected chi connectivity index (χ0v) is 14.3. The molecule has 0 fully saturated rings. The molecule has 26 heavy (non-hydrogen) atoms. The molecule has 1 atom stereocenters. The molecule has 0 saturated heterocycles. The highest BCUT2D eigenvalue weighted by Crippen LogP contribution is 2.34. The Morgan fingerprint density at radius 3 is 2.85 bits per heavy atom. The molecule has 4 heterocycles. The molecule has 7 heteroatoms. The molecular formula is C19H16N4O3. The Balaban J connectivity index is 1.82. The average Bonchev–Trinajstić information content (AvgIpc) is 3.27. The Labute approximate surface area is 150 Å². The van der Waals surface area contributed by atoms with E-state index in [1.54, 1.807) is 47.1 Å². The number of pyridine rings is 1. The van der Waals surface area contributed by atoms with E-state index in [4.69, 9.17) is 9.15 Å². The topological polar surface area (TPSA) is 84.3 Å². The summed E-state index contributed by atoms with van der Waals surface area (Å²) in [5.74, 6) is 0.849. The highest BCUT2D eigenvalue weighted by atomic mass is 16.5. The first-order chi connectivity index (χ1) is 12.6. The summed E-state index contributed by atoms with van der Waals surface area (Å²) in [5, 5.41) is 9.67. The van der Waals surface area contributed by atoms with Gasteiger partial charge in [-0.05, 0) is 38.1 Å². The van der Waals surface area contributed by atoms with E-state index < -0.39 is 0 Å². The van der Waals surface area contributed by atoms with Gasteiger partial charge in [-0.25, -0.2) is 4.98 Å². The number of furan rings is 1. The maximum absolute atomic E-state index is 13.3. The maximum atomic E-state index is 13.3. The fourth-order valence-corrected chi connectivity index (χ4v) is 3.13. The van der Waals surface area contributed by atoms with E-state index in [0.29, 0.717) is 29.8 Å². The number of aryl methyl sites for hydroxylation is 1. The largest absolute Gasteiger partial charge is 0.471 e. The summed E-state index contributed by atoms with van der Waals surface area (Å²) in [4.78, 5) is 19.1. The number of carbonyl (C=O) groups excluding carboxylic acids is 1. The summed E-state index contributed by atoms with van der Waals surface area (Å²) in [5.41, 5.74) is 1.07. The third-order valence-corrected chi connectivity index (χ3v) is 4.27. The molecule has 3 aromatic heterocycles. The number of carbonyl (C=O) groups is 1. The van der Waals surface area contributed by atoms with Gasteiger partial charge in [0.25, 0.3) is 5.91 Å². The van der Waals surface area contributed by atoms with Crippen molar-refractivity contribution in [3.8, 4) is 17.8 Å². The number of aromatic nitrogens is 2. The molecular weight excluding hydrogens is 332 g/mol. The van der Waals surface area contributed by atoms with E-state index in [0.717, 1.165) is 0 Å². The predicted molar refractivity (Wildman–Crippen MR) is 93.5 cm³/mol. The quantitative estimate of drug-likeness (QED) is 0.710. The van der Waals surface area contributed by atoms with Crippen molar-refractivity contribution in [2.45, 2.75) is 20.0 Å². The van der Waals surface area contributed by atoms with Gasteiger partial charge in [0.05, 0.1) is 6.54 Å². The SMILES string of the molecule is Cc1oc(-n2cccc2)c(C#N)c1C(=O)N1C[C@H](C)Oc2ncccc21. The van der Waals surface area contributed by atoms with Crippen LogP contribution < -0.4 is 9.64 Å². The molecule has 0 unspecified atom stereocenters. The summed E-state index contributed by atoms with van der Waals surface area (Å²) >= 11 is 0. The van der Waals surface area contributed by atoms with Crippen LogP contribution in [0.15, 0.2) is 47.3 Å². The first-order valence-corrected chi connectivity index (χ1v) is 8.20. The summed E-state index contributed by atoms with van der Waals surface area (Å²) in [6.07, 6.45) is 4.95. The van der Waals surface area contributed by atoms with Crippen LogP contribution in [0, 0.1) is 18.3 Å². The molecule has 1 aliphatic rings. The number of hydrogen-bond donors (Lipinski definition) is 0. The molecule has 0 radical (unpaired) electrons. The van der Waals surface area contributed by atoms with Gasteiger partial charge in [0.2, 0.25) is 11.8 Å². The van der Waals surface area contributed by atoms with Crippen molar-refractivity contribution in [3.05, 3.63) is 59.7 Å². The van der Waals surface area contributed by atoms with Crippen molar-refractivity contribution < 1.29 is 13.9 Å². The third kappa shape index (κ3) is 2.43. The highest BCUT2D eigenvalue weighted by molar-refractivity contribution is 6.09. The predicted octanol–water partition coefficient (Wildman–Crippen LogP) is 3.07. The van der Waals surface area contributed by atoms with Crippen LogP contribution in [-0.2, 0) is 0 Å². The van der Waals surface area contributed by atoms with E-state index in [1.165, 1.54) is 0 Å². The van der Waals surface area contributed by atoms with Gasteiger partial charge >= 0.3 is 0 Å². The van der Waals surface area contributed by atoms with Gasteiger partial charge in [0.15, 0.2) is 0 Å². The van der Waals surface area contributed by atoms with E-state index in [-0.39, 0.29) is 23.1 Å². The lowest BCUT2D eigenvalue weighted by Crippen LogP contribution is -2.43. The van der Waals surface area contributed by atoms with Gasteiger partial charge in [-0.1, -0.05) is 0 Å². The molecule has 7 nitrogen and oxygen atoms in total. The monoisotopic (exact) mass is 348 g/mol. The first-order valence-electron chi connectivity index (χ1n) is 8.20. The molecule has 0 aliphatic carbocycles. The second-order valence-corrected chi connectivity index (χ2v) is 6.09. The number of nitrogens with zero attached hydrogens (tertiary/aromatic N) is 4. The second-order valence-electron chi connectivity index (χ2n) is 6.09. The van der Waals surface area contributed by atoms with Crippen molar-refractivity contribution in [1.29, 1.82) is 5.26 Å². The Morgan fingerprint density at radius 2 is 2.12 bits per heavy atom. The maximum Gasteiger partial charge on any atom is 0.263 e. The van der Waals surface area contributed by atoms with E-state index in [9.17, 15) is 10.1 Å². The van der Waals surface area contributed by atoms with Crippen molar-refractivity contribution in [2.24, 2.45) is 0 Å². The lowest BCUT2D eigenvalue weighted by molar-refractivity contribution is 0.0957. The van der Waals surface area contributed by atoms with Crippen LogP contribution in [0.4, 0.5) is 5.69 Å². The van der Waals surface area contributed by atoms with Gasteiger partial charge in [0, 0.05) is 18.6 Å². The number of nitriles is 1. The molecule has 0 aromatic carbocycles. The number of anilines is 1. The van der Waals surface area contributed by atoms with Gasteiger partial charge < -0.3 is 9.15 Å². The Hall–Kier alpha value is -3.53. The molecule has 0 bridgehead atoms. The van der Waals surface area contributed by atoms with Crippen LogP contribution in [0.3, 0.4) is 0 Å². The van der Waals surface area contributed by atoms with Crippen LogP contribution in [0.2, 0.25) is 0 Å². The zero-order chi connectivity index (χ0) is 18.3. The van der Waals surface area contributed by atoms with Crippen molar-refractivity contribution in [3.63, 3.8) is 0 Å². The fraction of sp³-hybridized carbons (Fsp3) is 0.211. The van der Waals surface area contributed by atoms with Crippen LogP contribution >= 0.6 is 0 Å². The Bertz CT molecular complexity index is 1010. The van der Waals surface area contributed by atoms with E-state index >= 15 is 0 Å². The smallest absolute Gasteiger partial charge is 0.263 e. The molecule has 130 valence electrons. The van der Waals surface area contributed by atoms with Crippen molar-refractivity contribution >= 4 is 11.6 Å². The van der Waals surface area contributed by atoms with Crippen LogP contribution in [0.25, 0.3) is 5.88 Å². The molecule has 4 rings (SSSR count). The summed E-state index contributed by atoms with van der Waals surface area (Å²) in [6.45, 7) is 3.93. The summed E-state index contributed by atoms with van der Waals surface area (Å²) in [6, 6.07) is 9.30. The van der Waals surface area contributed by atoms with E-state index in [2.05, 4.69) is 11.1 Å². The number of ether oxygens (including phenoxy) is 1. The van der Waals surface area contributed by atoms with Crippen LogP contribution in [0.5, 0.6) is 5.88 Å². The van der Waals surface area contributed by atoms with Crippen molar-refractivity contribution in [1.82, 2.24) is 9.55 Å². The lowest BCUT2D eigenvalue weighted by atomic mass is 10.1. The Kier molecular flexibility index (Phi) is 3.73. The molecule has 3 aromatic rings. The number of rotatable bonds is 2. The minimum absolute atomic E-state index is 0.206. The fourth-order valence-electron chi connectivity index (χ4n) is 3.13. The highest BCUT2D eigenvalue weighted by Gasteiger charge is 2.34. The normalized spacial score (nSPS) is 15.9. The van der Waals surface area contributed by atoms with Gasteiger partial charge in [0.1, 0.15) is 34.7 Å². The molecule has 1 amide bonds. The number of amides is 1. The average molecular weight is 348 g/mol. The van der Waals surface area contributed by atoms with Gasteiger partial charge in [-0.15, -0.1) is 0 Å². The minimum Gasteiger partial charge on any atom is -0.471 e.